The molecule has 1 aromatic heterocycles. The van der Waals surface area contributed by atoms with Crippen LogP contribution in [0.2, 0.25) is 0 Å². The van der Waals surface area contributed by atoms with E-state index in [1.165, 1.54) is 17.0 Å². The molecule has 1 aliphatic heterocycles. The molecule has 5 nitrogen and oxygen atoms in total. The number of aliphatic hydroxyl groups is 1. The van der Waals surface area contributed by atoms with E-state index in [0.717, 1.165) is 10.9 Å². The average Bonchev–Trinajstić information content (AvgIpc) is 3.28. The Morgan fingerprint density at radius 2 is 1.88 bits per heavy atom. The van der Waals surface area contributed by atoms with Gasteiger partial charge >= 0.3 is 0 Å². The molecule has 0 saturated carbocycles. The highest BCUT2D eigenvalue weighted by Gasteiger charge is 2.30. The second kappa shape index (κ2) is 7.49. The standard InChI is InChI=1S/C26H23F2N3O2/c1-26(2,33)20-10-9-18(19-14-30(3)29-24(19)20)15-7-8-16(22(28)11-15)12-31-13-17-5-4-6-21(27)23(17)25(31)32/h4-11,14,33H,12-13H2,1-3H3. The second-order valence-electron chi connectivity index (χ2n) is 9.03. The number of nitrogens with zero attached hydrogens (tertiary/aromatic N) is 3. The number of hydrogen-bond donors (Lipinski definition) is 1. The number of halogens is 2. The Kier molecular flexibility index (Phi) is 4.83. The largest absolute Gasteiger partial charge is 0.386 e. The first kappa shape index (κ1) is 21.3. The summed E-state index contributed by atoms with van der Waals surface area (Å²) in [6.07, 6.45) is 1.85. The minimum atomic E-state index is -1.07. The Morgan fingerprint density at radius 3 is 2.58 bits per heavy atom. The number of rotatable bonds is 4. The third-order valence-electron chi connectivity index (χ3n) is 6.14. The maximum absolute atomic E-state index is 15.1. The lowest BCUT2D eigenvalue weighted by Gasteiger charge is -2.19. The van der Waals surface area contributed by atoms with Gasteiger partial charge in [0.25, 0.3) is 5.91 Å². The van der Waals surface area contributed by atoms with Crippen molar-refractivity contribution < 1.29 is 18.7 Å². The number of hydrogen-bond acceptors (Lipinski definition) is 3. The Balaban J connectivity index is 1.48. The summed E-state index contributed by atoms with van der Waals surface area (Å²) in [5.41, 5.74) is 2.79. The van der Waals surface area contributed by atoms with E-state index in [9.17, 15) is 14.3 Å². The van der Waals surface area contributed by atoms with Gasteiger partial charge in [-0.15, -0.1) is 0 Å². The summed E-state index contributed by atoms with van der Waals surface area (Å²) in [5, 5.41) is 15.8. The van der Waals surface area contributed by atoms with Gasteiger partial charge in [0.15, 0.2) is 0 Å². The molecule has 3 aromatic carbocycles. The zero-order valence-corrected chi connectivity index (χ0v) is 18.6. The van der Waals surface area contributed by atoms with Crippen molar-refractivity contribution in [3.8, 4) is 11.1 Å². The van der Waals surface area contributed by atoms with Crippen LogP contribution in [-0.2, 0) is 25.7 Å². The lowest BCUT2D eigenvalue weighted by molar-refractivity contribution is 0.0760. The summed E-state index contributed by atoms with van der Waals surface area (Å²) in [5.74, 6) is -1.42. The van der Waals surface area contributed by atoms with E-state index in [1.807, 2.05) is 18.3 Å². The number of carbonyl (C=O) groups is 1. The first-order valence-electron chi connectivity index (χ1n) is 10.7. The van der Waals surface area contributed by atoms with E-state index in [4.69, 9.17) is 0 Å². The van der Waals surface area contributed by atoms with Crippen molar-refractivity contribution in [1.29, 1.82) is 0 Å². The molecule has 0 unspecified atom stereocenters. The molecule has 0 spiro atoms. The van der Waals surface area contributed by atoms with Gasteiger partial charge in [0.05, 0.1) is 16.7 Å². The SMILES string of the molecule is Cn1cc2c(-c3ccc(CN4Cc5cccc(F)c5C4=O)c(F)c3)ccc(C(C)(C)O)c2n1. The predicted molar refractivity (Wildman–Crippen MR) is 121 cm³/mol. The Hall–Kier alpha value is -3.58. The van der Waals surface area contributed by atoms with Crippen molar-refractivity contribution in [1.82, 2.24) is 14.7 Å². The second-order valence-corrected chi connectivity index (χ2v) is 9.03. The van der Waals surface area contributed by atoms with Crippen molar-refractivity contribution in [3.63, 3.8) is 0 Å². The van der Waals surface area contributed by atoms with Crippen LogP contribution in [-0.4, -0.2) is 25.7 Å². The molecule has 168 valence electrons. The van der Waals surface area contributed by atoms with Crippen LogP contribution in [0, 0.1) is 11.6 Å². The monoisotopic (exact) mass is 447 g/mol. The van der Waals surface area contributed by atoms with Crippen molar-refractivity contribution >= 4 is 16.8 Å². The van der Waals surface area contributed by atoms with Gasteiger partial charge in [-0.25, -0.2) is 8.78 Å². The minimum absolute atomic E-state index is 0.0546. The van der Waals surface area contributed by atoms with Gasteiger partial charge < -0.3 is 10.0 Å². The lowest BCUT2D eigenvalue weighted by Crippen LogP contribution is -2.24. The van der Waals surface area contributed by atoms with Gasteiger partial charge in [0, 0.05) is 42.8 Å². The first-order valence-corrected chi connectivity index (χ1v) is 10.7. The highest BCUT2D eigenvalue weighted by atomic mass is 19.1. The number of aromatic nitrogens is 2. The molecule has 2 heterocycles. The summed E-state index contributed by atoms with van der Waals surface area (Å²) < 4.78 is 30.9. The van der Waals surface area contributed by atoms with Crippen molar-refractivity contribution in [3.05, 3.63) is 88.6 Å². The van der Waals surface area contributed by atoms with Crippen molar-refractivity contribution in [2.45, 2.75) is 32.5 Å². The third kappa shape index (κ3) is 3.58. The molecule has 0 saturated heterocycles. The summed E-state index contributed by atoms with van der Waals surface area (Å²) in [7, 11) is 1.80. The normalized spacial score (nSPS) is 13.8. The van der Waals surface area contributed by atoms with Crippen molar-refractivity contribution in [2.75, 3.05) is 0 Å². The molecule has 0 atom stereocenters. The predicted octanol–water partition coefficient (Wildman–Crippen LogP) is 4.90. The summed E-state index contributed by atoms with van der Waals surface area (Å²) in [6.45, 7) is 3.71. The fourth-order valence-corrected chi connectivity index (χ4v) is 4.52. The topological polar surface area (TPSA) is 58.4 Å². The molecule has 1 aliphatic rings. The van der Waals surface area contributed by atoms with Gasteiger partial charge in [-0.3, -0.25) is 9.48 Å². The number of aryl methyl sites for hydroxylation is 1. The zero-order valence-electron chi connectivity index (χ0n) is 18.6. The summed E-state index contributed by atoms with van der Waals surface area (Å²) >= 11 is 0. The molecule has 7 heteroatoms. The van der Waals surface area contributed by atoms with Gasteiger partial charge in [-0.1, -0.05) is 36.4 Å². The summed E-state index contributed by atoms with van der Waals surface area (Å²) in [4.78, 5) is 14.1. The van der Waals surface area contributed by atoms with E-state index in [2.05, 4.69) is 5.10 Å². The Labute approximate surface area is 189 Å². The molecule has 1 N–H and O–H groups in total. The van der Waals surface area contributed by atoms with E-state index >= 15 is 4.39 Å². The van der Waals surface area contributed by atoms with Crippen LogP contribution in [0.1, 0.15) is 40.9 Å². The minimum Gasteiger partial charge on any atom is -0.386 e. The van der Waals surface area contributed by atoms with Crippen LogP contribution in [0.15, 0.2) is 54.7 Å². The molecule has 5 rings (SSSR count). The van der Waals surface area contributed by atoms with Crippen LogP contribution >= 0.6 is 0 Å². The Bertz CT molecular complexity index is 1420. The van der Waals surface area contributed by atoms with Crippen LogP contribution in [0.4, 0.5) is 8.78 Å². The quantitative estimate of drug-likeness (QED) is 0.484. The lowest BCUT2D eigenvalue weighted by atomic mass is 9.92. The third-order valence-corrected chi connectivity index (χ3v) is 6.14. The highest BCUT2D eigenvalue weighted by molar-refractivity contribution is 5.99. The number of amides is 1. The molecular formula is C26H23F2N3O2. The molecule has 0 aliphatic carbocycles. The number of fused-ring (bicyclic) bond motifs is 2. The highest BCUT2D eigenvalue weighted by Crippen LogP contribution is 2.35. The van der Waals surface area contributed by atoms with Crippen LogP contribution in [0.3, 0.4) is 0 Å². The Morgan fingerprint density at radius 1 is 1.09 bits per heavy atom. The number of benzene rings is 3. The molecule has 0 radical (unpaired) electrons. The van der Waals surface area contributed by atoms with Gasteiger partial charge in [-0.05, 0) is 42.7 Å². The van der Waals surface area contributed by atoms with E-state index in [1.54, 1.807) is 49.8 Å². The van der Waals surface area contributed by atoms with Gasteiger partial charge in [0.1, 0.15) is 11.6 Å². The molecule has 0 fully saturated rings. The van der Waals surface area contributed by atoms with Crippen molar-refractivity contribution in [2.24, 2.45) is 7.05 Å². The molecule has 0 bridgehead atoms. The number of carbonyl (C=O) groups excluding carboxylic acids is 1. The summed E-state index contributed by atoms with van der Waals surface area (Å²) in [6, 6.07) is 13.1. The van der Waals surface area contributed by atoms with Crippen LogP contribution < -0.4 is 0 Å². The average molecular weight is 447 g/mol. The molecule has 1 amide bonds. The fourth-order valence-electron chi connectivity index (χ4n) is 4.52. The zero-order chi connectivity index (χ0) is 23.5. The fraction of sp³-hybridized carbons (Fsp3) is 0.231. The van der Waals surface area contributed by atoms with Crippen LogP contribution in [0.5, 0.6) is 0 Å². The van der Waals surface area contributed by atoms with Gasteiger partial charge in [-0.2, -0.15) is 5.10 Å². The van der Waals surface area contributed by atoms with E-state index < -0.39 is 23.1 Å². The van der Waals surface area contributed by atoms with E-state index in [0.29, 0.717) is 27.8 Å². The molecular weight excluding hydrogens is 424 g/mol. The first-order chi connectivity index (χ1) is 15.6. The molecule has 4 aromatic rings. The van der Waals surface area contributed by atoms with Gasteiger partial charge in [0.2, 0.25) is 0 Å². The smallest absolute Gasteiger partial charge is 0.257 e. The van der Waals surface area contributed by atoms with Crippen LogP contribution in [0.25, 0.3) is 22.0 Å². The van der Waals surface area contributed by atoms with E-state index in [-0.39, 0.29) is 18.7 Å². The maximum atomic E-state index is 15.1. The maximum Gasteiger partial charge on any atom is 0.257 e. The molecule has 33 heavy (non-hydrogen) atoms.